The number of halogens is 1. The molecule has 2 aliphatic rings. The van der Waals surface area contributed by atoms with Gasteiger partial charge in [0.1, 0.15) is 0 Å². The summed E-state index contributed by atoms with van der Waals surface area (Å²) >= 11 is 6.17. The van der Waals surface area contributed by atoms with E-state index in [9.17, 15) is 14.4 Å². The normalized spacial score (nSPS) is 17.8. The van der Waals surface area contributed by atoms with Crippen LogP contribution in [-0.4, -0.2) is 98.5 Å². The van der Waals surface area contributed by atoms with E-state index in [0.29, 0.717) is 67.9 Å². The van der Waals surface area contributed by atoms with Crippen molar-refractivity contribution in [3.63, 3.8) is 0 Å². The van der Waals surface area contributed by atoms with Crippen LogP contribution in [0.1, 0.15) is 35.3 Å². The lowest BCUT2D eigenvalue weighted by Gasteiger charge is -2.39. The third-order valence-corrected chi connectivity index (χ3v) is 9.71. The topological polar surface area (TPSA) is 142 Å². The number of H-pyrrole nitrogens is 1. The van der Waals surface area contributed by atoms with Gasteiger partial charge in [-0.05, 0) is 67.1 Å². The SMILES string of the molecule is CNC=O.COc1cc(C(=O)N2CC3CN(C(=O)Cc4c[nH]c5cc(Cl)ccc45)CC(C(=O)NCCOCc4ccccc4)C3C2)ccc1OC(C)C. The van der Waals surface area contributed by atoms with Crippen molar-refractivity contribution in [2.24, 2.45) is 17.8 Å². The van der Waals surface area contributed by atoms with Gasteiger partial charge < -0.3 is 39.6 Å². The standard InChI is InChI=1S/C38H43ClN4O6.C2H5NO/c1-24(2)49-34-12-9-26(15-35(34)47-3)38(46)43-20-28-19-42(36(44)16-27-18-41-33-17-29(39)10-11-30(27)33)22-32(31(28)21-43)37(45)40-13-14-48-23-25-7-5-4-6-8-25;1-3-2-4/h4-12,15,17-18,24,28,31-32,41H,13-14,16,19-23H2,1-3H3,(H,40,45);2H,1H3,(H,3,4). The zero-order valence-electron chi connectivity index (χ0n) is 30.6. The number of aromatic nitrogens is 1. The molecule has 3 unspecified atom stereocenters. The van der Waals surface area contributed by atoms with Crippen molar-refractivity contribution in [3.05, 3.63) is 94.6 Å². The number of aromatic amines is 1. The van der Waals surface area contributed by atoms with Crippen molar-refractivity contribution in [2.45, 2.75) is 33.0 Å². The fraction of sp³-hybridized carbons (Fsp3) is 0.400. The number of methoxy groups -OCH3 is 1. The van der Waals surface area contributed by atoms with E-state index in [1.807, 2.05) is 68.6 Å². The van der Waals surface area contributed by atoms with Crippen molar-refractivity contribution < 1.29 is 33.4 Å². The molecule has 13 heteroatoms. The largest absolute Gasteiger partial charge is 0.493 e. The smallest absolute Gasteiger partial charge is 0.254 e. The Labute approximate surface area is 315 Å². The summed E-state index contributed by atoms with van der Waals surface area (Å²) < 4.78 is 17.2. The quantitative estimate of drug-likeness (QED) is 0.133. The second-order valence-electron chi connectivity index (χ2n) is 13.5. The first-order valence-corrected chi connectivity index (χ1v) is 18.2. The minimum atomic E-state index is -0.479. The summed E-state index contributed by atoms with van der Waals surface area (Å²) in [5, 5.41) is 6.85. The molecule has 2 aliphatic heterocycles. The number of ether oxygens (including phenoxy) is 3. The number of hydrogen-bond donors (Lipinski definition) is 3. The first kappa shape index (κ1) is 39.1. The molecule has 3 N–H and O–H groups in total. The van der Waals surface area contributed by atoms with Crippen molar-refractivity contribution in [2.75, 3.05) is 53.5 Å². The molecule has 12 nitrogen and oxygen atoms in total. The van der Waals surface area contributed by atoms with Crippen LogP contribution in [0.5, 0.6) is 11.5 Å². The highest BCUT2D eigenvalue weighted by molar-refractivity contribution is 6.31. The average molecular weight is 746 g/mol. The van der Waals surface area contributed by atoms with Crippen molar-refractivity contribution in [3.8, 4) is 11.5 Å². The predicted octanol–water partition coefficient (Wildman–Crippen LogP) is 4.70. The second-order valence-corrected chi connectivity index (χ2v) is 13.9. The Hall–Kier alpha value is -5.07. The number of rotatable bonds is 13. The summed E-state index contributed by atoms with van der Waals surface area (Å²) in [7, 11) is 3.11. The maximum absolute atomic E-state index is 13.8. The van der Waals surface area contributed by atoms with Crippen molar-refractivity contribution in [1.82, 2.24) is 25.4 Å². The highest BCUT2D eigenvalue weighted by Crippen LogP contribution is 2.37. The molecule has 2 saturated heterocycles. The van der Waals surface area contributed by atoms with E-state index in [0.717, 1.165) is 22.0 Å². The summed E-state index contributed by atoms with van der Waals surface area (Å²) in [6.07, 6.45) is 2.61. The molecule has 0 aliphatic carbocycles. The van der Waals surface area contributed by atoms with Crippen LogP contribution in [0, 0.1) is 17.8 Å². The third kappa shape index (κ3) is 10.1. The van der Waals surface area contributed by atoms with Gasteiger partial charge in [-0.2, -0.15) is 0 Å². The Bertz CT molecular complexity index is 1870. The summed E-state index contributed by atoms with van der Waals surface area (Å²) in [6, 6.07) is 20.6. The summed E-state index contributed by atoms with van der Waals surface area (Å²) in [6.45, 7) is 6.63. The number of fused-ring (bicyclic) bond motifs is 2. The fourth-order valence-corrected chi connectivity index (χ4v) is 7.15. The molecule has 0 radical (unpaired) electrons. The Morgan fingerprint density at radius 2 is 1.74 bits per heavy atom. The molecule has 1 aromatic heterocycles. The maximum atomic E-state index is 13.8. The summed E-state index contributed by atoms with van der Waals surface area (Å²) in [4.78, 5) is 57.3. The van der Waals surface area contributed by atoms with Crippen LogP contribution in [0.15, 0.2) is 72.9 Å². The molecule has 6 rings (SSSR count). The van der Waals surface area contributed by atoms with Crippen LogP contribution in [0.3, 0.4) is 0 Å². The van der Waals surface area contributed by atoms with E-state index in [4.69, 9.17) is 30.6 Å². The van der Waals surface area contributed by atoms with Crippen LogP contribution in [0.4, 0.5) is 0 Å². The van der Waals surface area contributed by atoms with Gasteiger partial charge in [0.05, 0.1) is 38.8 Å². The van der Waals surface area contributed by atoms with Gasteiger partial charge in [-0.1, -0.05) is 48.0 Å². The third-order valence-electron chi connectivity index (χ3n) is 9.48. The van der Waals surface area contributed by atoms with E-state index in [1.165, 1.54) is 0 Å². The number of hydrogen-bond acceptors (Lipinski definition) is 7. The minimum absolute atomic E-state index is 0.0456. The number of amides is 4. The van der Waals surface area contributed by atoms with Crippen LogP contribution in [0.2, 0.25) is 5.02 Å². The van der Waals surface area contributed by atoms with Crippen molar-refractivity contribution in [1.29, 1.82) is 0 Å². The zero-order chi connectivity index (χ0) is 37.9. The van der Waals surface area contributed by atoms with Gasteiger partial charge in [0.15, 0.2) is 11.5 Å². The van der Waals surface area contributed by atoms with E-state index in [1.54, 1.807) is 42.2 Å². The number of carbonyl (C=O) groups is 4. The Morgan fingerprint density at radius 3 is 2.45 bits per heavy atom. The number of nitrogens with one attached hydrogen (secondary N) is 3. The van der Waals surface area contributed by atoms with Gasteiger partial charge in [0, 0.05) is 67.5 Å². The number of carbonyl (C=O) groups excluding carboxylic acids is 4. The molecule has 0 saturated carbocycles. The Morgan fingerprint density at radius 1 is 0.981 bits per heavy atom. The molecule has 3 atom stereocenters. The van der Waals surface area contributed by atoms with Gasteiger partial charge in [0.2, 0.25) is 18.2 Å². The summed E-state index contributed by atoms with van der Waals surface area (Å²) in [5.41, 5.74) is 3.28. The predicted molar refractivity (Wildman–Crippen MR) is 203 cm³/mol. The van der Waals surface area contributed by atoms with E-state index in [2.05, 4.69) is 15.6 Å². The number of piperidine rings is 1. The molecule has 4 amide bonds. The summed E-state index contributed by atoms with van der Waals surface area (Å²) in [5.74, 6) is 0.0794. The van der Waals surface area contributed by atoms with Crippen LogP contribution in [-0.2, 0) is 32.1 Å². The van der Waals surface area contributed by atoms with Gasteiger partial charge in [-0.15, -0.1) is 0 Å². The molecule has 53 heavy (non-hydrogen) atoms. The van der Waals surface area contributed by atoms with E-state index < -0.39 is 5.92 Å². The van der Waals surface area contributed by atoms with Gasteiger partial charge in [-0.3, -0.25) is 19.2 Å². The van der Waals surface area contributed by atoms with Gasteiger partial charge in [0.25, 0.3) is 5.91 Å². The molecule has 3 aromatic carbocycles. The molecule has 282 valence electrons. The number of benzene rings is 3. The molecule has 2 fully saturated rings. The van der Waals surface area contributed by atoms with E-state index >= 15 is 0 Å². The highest BCUT2D eigenvalue weighted by atomic mass is 35.5. The van der Waals surface area contributed by atoms with Crippen molar-refractivity contribution >= 4 is 46.6 Å². The molecule has 0 spiro atoms. The molecular formula is C40H48ClN5O7. The maximum Gasteiger partial charge on any atom is 0.254 e. The second kappa shape index (κ2) is 18.6. The monoisotopic (exact) mass is 745 g/mol. The molecule has 3 heterocycles. The molecular weight excluding hydrogens is 698 g/mol. The zero-order valence-corrected chi connectivity index (χ0v) is 31.4. The van der Waals surface area contributed by atoms with Gasteiger partial charge >= 0.3 is 0 Å². The molecule has 4 aromatic rings. The first-order chi connectivity index (χ1) is 25.6. The van der Waals surface area contributed by atoms with Crippen LogP contribution >= 0.6 is 11.6 Å². The van der Waals surface area contributed by atoms with E-state index in [-0.39, 0.29) is 48.6 Å². The number of likely N-dealkylation sites (tertiary alicyclic amines) is 2. The lowest BCUT2D eigenvalue weighted by atomic mass is 9.79. The first-order valence-electron chi connectivity index (χ1n) is 17.8. The Balaban J connectivity index is 0.00000129. The number of nitrogens with zero attached hydrogens (tertiary/aromatic N) is 2. The lowest BCUT2D eigenvalue weighted by Crippen LogP contribution is -2.53. The minimum Gasteiger partial charge on any atom is -0.493 e. The van der Waals surface area contributed by atoms with Crippen LogP contribution in [0.25, 0.3) is 10.9 Å². The fourth-order valence-electron chi connectivity index (χ4n) is 6.98. The van der Waals surface area contributed by atoms with Gasteiger partial charge in [-0.25, -0.2) is 0 Å². The van der Waals surface area contributed by atoms with Crippen LogP contribution < -0.4 is 20.1 Å². The molecule has 0 bridgehead atoms. The average Bonchev–Trinajstić information content (AvgIpc) is 3.78. The highest BCUT2D eigenvalue weighted by Gasteiger charge is 2.47. The lowest BCUT2D eigenvalue weighted by molar-refractivity contribution is -0.138. The Kier molecular flexibility index (Phi) is 13.7.